The summed E-state index contributed by atoms with van der Waals surface area (Å²) < 4.78 is 28.8. The lowest BCUT2D eigenvalue weighted by molar-refractivity contribution is -0.0498. The Morgan fingerprint density at radius 3 is 2.52 bits per heavy atom. The molecule has 0 bridgehead atoms. The first kappa shape index (κ1) is 18.8. The average molecular weight is 412 g/mol. The first-order valence-electron chi connectivity index (χ1n) is 8.53. The van der Waals surface area contributed by atoms with Crippen molar-refractivity contribution < 1.29 is 18.3 Å². The van der Waals surface area contributed by atoms with Crippen molar-refractivity contribution in [1.82, 2.24) is 4.98 Å². The molecule has 29 heavy (non-hydrogen) atoms. The number of anilines is 1. The van der Waals surface area contributed by atoms with Gasteiger partial charge < -0.3 is 15.5 Å². The van der Waals surface area contributed by atoms with Crippen LogP contribution >= 0.6 is 11.3 Å². The van der Waals surface area contributed by atoms with Crippen molar-refractivity contribution >= 4 is 32.3 Å². The Morgan fingerprint density at radius 1 is 1.03 bits per heavy atom. The summed E-state index contributed by atoms with van der Waals surface area (Å²) in [5, 5.41) is 1.32. The van der Waals surface area contributed by atoms with E-state index in [0.29, 0.717) is 21.0 Å². The second-order valence-corrected chi connectivity index (χ2v) is 7.27. The zero-order valence-electron chi connectivity index (χ0n) is 14.8. The summed E-state index contributed by atoms with van der Waals surface area (Å²) in [5.74, 6) is -0.279. The monoisotopic (exact) mass is 412 g/mol. The molecule has 0 aliphatic rings. The van der Waals surface area contributed by atoms with E-state index in [2.05, 4.69) is 9.72 Å². The SMILES string of the molecule is Nc1sc2[nH]c(=O)ccc2c1-c1cccc(C(=O)c2ccc(OC(F)F)cc2)c1. The first-order valence-corrected chi connectivity index (χ1v) is 9.35. The molecule has 0 spiro atoms. The topological polar surface area (TPSA) is 85.2 Å². The Morgan fingerprint density at radius 2 is 1.79 bits per heavy atom. The van der Waals surface area contributed by atoms with E-state index < -0.39 is 6.61 Å². The molecule has 0 aliphatic heterocycles. The summed E-state index contributed by atoms with van der Waals surface area (Å²) in [6.45, 7) is -2.92. The Kier molecular flexibility index (Phi) is 4.85. The maximum atomic E-state index is 12.8. The van der Waals surface area contributed by atoms with E-state index in [1.807, 2.05) is 6.07 Å². The van der Waals surface area contributed by atoms with Crippen LogP contribution in [-0.2, 0) is 0 Å². The van der Waals surface area contributed by atoms with Crippen LogP contribution in [-0.4, -0.2) is 17.4 Å². The Balaban J connectivity index is 1.70. The van der Waals surface area contributed by atoms with E-state index >= 15 is 0 Å². The molecule has 0 radical (unpaired) electrons. The van der Waals surface area contributed by atoms with E-state index in [1.165, 1.54) is 41.7 Å². The number of ketones is 1. The van der Waals surface area contributed by atoms with E-state index in [0.717, 1.165) is 16.5 Å². The summed E-state index contributed by atoms with van der Waals surface area (Å²) in [5.41, 5.74) is 8.21. The smallest absolute Gasteiger partial charge is 0.387 e. The number of carbonyl (C=O) groups excluding carboxylic acids is 1. The number of nitrogen functional groups attached to an aromatic ring is 1. The van der Waals surface area contributed by atoms with E-state index in [1.54, 1.807) is 24.3 Å². The molecular weight excluding hydrogens is 398 g/mol. The number of carbonyl (C=O) groups is 1. The Hall–Kier alpha value is -3.52. The third-order valence-electron chi connectivity index (χ3n) is 4.37. The maximum Gasteiger partial charge on any atom is 0.387 e. The van der Waals surface area contributed by atoms with Gasteiger partial charge in [0.15, 0.2) is 5.78 Å². The van der Waals surface area contributed by atoms with Crippen LogP contribution in [0.4, 0.5) is 13.8 Å². The van der Waals surface area contributed by atoms with Crippen LogP contribution in [0.5, 0.6) is 5.75 Å². The average Bonchev–Trinajstić information content (AvgIpc) is 3.02. The predicted octanol–water partition coefficient (Wildman–Crippen LogP) is 4.67. The first-order chi connectivity index (χ1) is 13.9. The van der Waals surface area contributed by atoms with Crippen molar-refractivity contribution in [2.45, 2.75) is 6.61 Å². The summed E-state index contributed by atoms with van der Waals surface area (Å²) in [7, 11) is 0. The number of hydrogen-bond donors (Lipinski definition) is 2. The minimum absolute atomic E-state index is 0.0168. The molecule has 2 aromatic heterocycles. The van der Waals surface area contributed by atoms with E-state index in [-0.39, 0.29) is 17.1 Å². The molecule has 4 rings (SSSR count). The molecule has 8 heteroatoms. The van der Waals surface area contributed by atoms with Crippen molar-refractivity contribution in [3.05, 3.63) is 82.1 Å². The van der Waals surface area contributed by atoms with Gasteiger partial charge in [-0.15, -0.1) is 0 Å². The highest BCUT2D eigenvalue weighted by Gasteiger charge is 2.16. The van der Waals surface area contributed by atoms with Crippen molar-refractivity contribution in [3.8, 4) is 16.9 Å². The Labute approximate surface area is 167 Å². The highest BCUT2D eigenvalue weighted by Crippen LogP contribution is 2.39. The fourth-order valence-electron chi connectivity index (χ4n) is 3.09. The van der Waals surface area contributed by atoms with Crippen LogP contribution in [0.25, 0.3) is 21.3 Å². The van der Waals surface area contributed by atoms with Crippen molar-refractivity contribution in [3.63, 3.8) is 0 Å². The Bertz CT molecular complexity index is 1260. The molecule has 5 nitrogen and oxygen atoms in total. The van der Waals surface area contributed by atoms with Gasteiger partial charge in [0.1, 0.15) is 10.6 Å². The number of halogens is 2. The van der Waals surface area contributed by atoms with Crippen molar-refractivity contribution in [2.24, 2.45) is 0 Å². The van der Waals surface area contributed by atoms with Crippen LogP contribution in [0.3, 0.4) is 0 Å². The van der Waals surface area contributed by atoms with Crippen LogP contribution in [0.1, 0.15) is 15.9 Å². The largest absolute Gasteiger partial charge is 0.435 e. The number of benzene rings is 2. The molecule has 3 N–H and O–H groups in total. The number of aromatic nitrogens is 1. The molecule has 0 atom stereocenters. The summed E-state index contributed by atoms with van der Waals surface area (Å²) in [6.07, 6.45) is 0. The van der Waals surface area contributed by atoms with Crippen molar-refractivity contribution in [2.75, 3.05) is 5.73 Å². The van der Waals surface area contributed by atoms with Gasteiger partial charge in [-0.1, -0.05) is 29.5 Å². The summed E-state index contributed by atoms with van der Waals surface area (Å²) in [6, 6.07) is 15.6. The van der Waals surface area contributed by atoms with Gasteiger partial charge in [-0.3, -0.25) is 9.59 Å². The lowest BCUT2D eigenvalue weighted by atomic mass is 9.98. The zero-order chi connectivity index (χ0) is 20.5. The number of H-pyrrole nitrogens is 1. The molecule has 0 aliphatic carbocycles. The molecule has 146 valence electrons. The number of pyridine rings is 1. The van der Waals surface area contributed by atoms with E-state index in [9.17, 15) is 18.4 Å². The molecule has 0 unspecified atom stereocenters. The van der Waals surface area contributed by atoms with Gasteiger partial charge in [-0.25, -0.2) is 0 Å². The van der Waals surface area contributed by atoms with Gasteiger partial charge in [0.2, 0.25) is 5.56 Å². The normalized spacial score (nSPS) is 11.1. The molecular formula is C21H14F2N2O3S. The van der Waals surface area contributed by atoms with Crippen LogP contribution < -0.4 is 16.0 Å². The van der Waals surface area contributed by atoms with Gasteiger partial charge in [-0.05, 0) is 42.0 Å². The second-order valence-electron chi connectivity index (χ2n) is 6.22. The number of fused-ring (bicyclic) bond motifs is 1. The summed E-state index contributed by atoms with van der Waals surface area (Å²) >= 11 is 1.27. The number of ether oxygens (including phenoxy) is 1. The van der Waals surface area contributed by atoms with E-state index in [4.69, 9.17) is 5.73 Å². The molecule has 2 aromatic carbocycles. The number of rotatable bonds is 5. The molecule has 0 amide bonds. The molecule has 4 aromatic rings. The van der Waals surface area contributed by atoms with Gasteiger partial charge in [0.05, 0.1) is 5.00 Å². The van der Waals surface area contributed by atoms with Gasteiger partial charge in [-0.2, -0.15) is 8.78 Å². The van der Waals surface area contributed by atoms with Crippen LogP contribution in [0.15, 0.2) is 65.5 Å². The van der Waals surface area contributed by atoms with Gasteiger partial charge >= 0.3 is 6.61 Å². The lowest BCUT2D eigenvalue weighted by Gasteiger charge is -2.07. The molecule has 2 heterocycles. The van der Waals surface area contributed by atoms with Gasteiger partial charge in [0, 0.05) is 28.1 Å². The van der Waals surface area contributed by atoms with Gasteiger partial charge in [0.25, 0.3) is 0 Å². The third kappa shape index (κ3) is 3.74. The fraction of sp³-hybridized carbons (Fsp3) is 0.0476. The molecule has 0 fully saturated rings. The molecule has 0 saturated carbocycles. The minimum Gasteiger partial charge on any atom is -0.435 e. The number of thiophene rings is 1. The predicted molar refractivity (Wildman–Crippen MR) is 109 cm³/mol. The minimum atomic E-state index is -2.92. The van der Waals surface area contributed by atoms with Crippen LogP contribution in [0, 0.1) is 0 Å². The van der Waals surface area contributed by atoms with Crippen LogP contribution in [0.2, 0.25) is 0 Å². The highest BCUT2D eigenvalue weighted by atomic mass is 32.1. The summed E-state index contributed by atoms with van der Waals surface area (Å²) in [4.78, 5) is 27.8. The number of alkyl halides is 2. The standard InChI is InChI=1S/C21H14F2N2O3S/c22-21(23)28-14-6-4-11(5-7-14)18(27)13-3-1-2-12(10-13)17-15-8-9-16(26)25-20(15)29-19(17)24/h1-10,21H,24H2,(H,25,26). The fourth-order valence-corrected chi connectivity index (χ4v) is 4.08. The zero-order valence-corrected chi connectivity index (χ0v) is 15.6. The number of hydrogen-bond acceptors (Lipinski definition) is 5. The maximum absolute atomic E-state index is 12.8. The van der Waals surface area contributed by atoms with Crippen molar-refractivity contribution in [1.29, 1.82) is 0 Å². The molecule has 0 saturated heterocycles. The number of nitrogens with one attached hydrogen (secondary N) is 1. The third-order valence-corrected chi connectivity index (χ3v) is 5.32. The number of nitrogens with two attached hydrogens (primary N) is 1. The highest BCUT2D eigenvalue weighted by molar-refractivity contribution is 7.23. The second kappa shape index (κ2) is 7.48. The number of aromatic amines is 1. The quantitative estimate of drug-likeness (QED) is 0.467. The lowest BCUT2D eigenvalue weighted by Crippen LogP contribution is -2.04.